The molecule has 17 heavy (non-hydrogen) atoms. The molecule has 0 aliphatic carbocycles. The molecule has 1 aromatic carbocycles. The molecule has 0 saturated carbocycles. The largest absolute Gasteiger partial charge is 0.295 e. The molecule has 1 aliphatic rings. The summed E-state index contributed by atoms with van der Waals surface area (Å²) in [5.41, 5.74) is 0.589. The third-order valence-electron chi connectivity index (χ3n) is 3.35. The molecule has 4 heteroatoms. The van der Waals surface area contributed by atoms with Crippen molar-refractivity contribution >= 4 is 23.2 Å². The molecular formula is C13H16Cl2FN. The van der Waals surface area contributed by atoms with Crippen LogP contribution in [0.15, 0.2) is 18.2 Å². The van der Waals surface area contributed by atoms with Crippen LogP contribution in [0.4, 0.5) is 4.39 Å². The van der Waals surface area contributed by atoms with Gasteiger partial charge in [-0.15, -0.1) is 11.6 Å². The monoisotopic (exact) mass is 275 g/mol. The second-order valence-corrected chi connectivity index (χ2v) is 5.19. The third-order valence-corrected chi connectivity index (χ3v) is 4.06. The molecule has 94 valence electrons. The van der Waals surface area contributed by atoms with Crippen molar-refractivity contribution in [3.63, 3.8) is 0 Å². The van der Waals surface area contributed by atoms with E-state index in [-0.39, 0.29) is 5.82 Å². The Morgan fingerprint density at radius 2 is 2.18 bits per heavy atom. The molecular weight excluding hydrogens is 260 g/mol. The highest BCUT2D eigenvalue weighted by Crippen LogP contribution is 2.25. The molecule has 0 radical (unpaired) electrons. The van der Waals surface area contributed by atoms with Crippen LogP contribution < -0.4 is 0 Å². The molecule has 0 amide bonds. The maximum absolute atomic E-state index is 13.7. The van der Waals surface area contributed by atoms with Gasteiger partial charge in [-0.3, -0.25) is 4.90 Å². The van der Waals surface area contributed by atoms with Gasteiger partial charge in [0.15, 0.2) is 0 Å². The Balaban J connectivity index is 2.13. The van der Waals surface area contributed by atoms with Crippen LogP contribution in [0.3, 0.4) is 0 Å². The van der Waals surface area contributed by atoms with E-state index in [0.29, 0.717) is 29.1 Å². The fourth-order valence-corrected chi connectivity index (χ4v) is 2.90. The van der Waals surface area contributed by atoms with Crippen LogP contribution in [-0.4, -0.2) is 23.4 Å². The molecule has 1 fully saturated rings. The molecule has 0 spiro atoms. The van der Waals surface area contributed by atoms with Gasteiger partial charge in [0.25, 0.3) is 0 Å². The molecule has 1 saturated heterocycles. The minimum Gasteiger partial charge on any atom is -0.295 e. The van der Waals surface area contributed by atoms with Gasteiger partial charge < -0.3 is 0 Å². The standard InChI is InChI=1S/C13H16Cl2FN/c14-8-10-4-1-2-7-17(10)9-11-12(15)5-3-6-13(11)16/h3,5-6,10H,1-2,4,7-9H2. The lowest BCUT2D eigenvalue weighted by Gasteiger charge is -2.34. The summed E-state index contributed by atoms with van der Waals surface area (Å²) in [4.78, 5) is 2.24. The first-order valence-corrected chi connectivity index (χ1v) is 6.86. The lowest BCUT2D eigenvalue weighted by atomic mass is 10.0. The normalized spacial score (nSPS) is 21.7. The summed E-state index contributed by atoms with van der Waals surface area (Å²) in [6.07, 6.45) is 3.45. The number of benzene rings is 1. The lowest BCUT2D eigenvalue weighted by Crippen LogP contribution is -2.40. The Morgan fingerprint density at radius 1 is 1.35 bits per heavy atom. The van der Waals surface area contributed by atoms with Crippen molar-refractivity contribution in [3.05, 3.63) is 34.6 Å². The average molecular weight is 276 g/mol. The van der Waals surface area contributed by atoms with Crippen LogP contribution in [0.1, 0.15) is 24.8 Å². The second kappa shape index (κ2) is 6.03. The first-order chi connectivity index (χ1) is 8.22. The molecule has 1 unspecified atom stereocenters. The molecule has 0 N–H and O–H groups in total. The summed E-state index contributed by atoms with van der Waals surface area (Å²) in [7, 11) is 0. The number of hydrogen-bond donors (Lipinski definition) is 0. The Hall–Kier alpha value is -0.310. The zero-order chi connectivity index (χ0) is 12.3. The van der Waals surface area contributed by atoms with Crippen LogP contribution >= 0.6 is 23.2 Å². The summed E-state index contributed by atoms with van der Waals surface area (Å²) in [5.74, 6) is 0.378. The highest BCUT2D eigenvalue weighted by molar-refractivity contribution is 6.31. The first kappa shape index (κ1) is 13.1. The van der Waals surface area contributed by atoms with Crippen LogP contribution in [0.5, 0.6) is 0 Å². The minimum atomic E-state index is -0.226. The zero-order valence-corrected chi connectivity index (χ0v) is 11.1. The van der Waals surface area contributed by atoms with E-state index in [2.05, 4.69) is 4.90 Å². The third kappa shape index (κ3) is 3.12. The fraction of sp³-hybridized carbons (Fsp3) is 0.538. The van der Waals surface area contributed by atoms with Gasteiger partial charge in [-0.1, -0.05) is 24.1 Å². The summed E-state index contributed by atoms with van der Waals surface area (Å²) in [5, 5.41) is 0.504. The topological polar surface area (TPSA) is 3.24 Å². The maximum Gasteiger partial charge on any atom is 0.129 e. The number of alkyl halides is 1. The predicted molar refractivity (Wildman–Crippen MR) is 70.2 cm³/mol. The van der Waals surface area contributed by atoms with Crippen molar-refractivity contribution in [1.82, 2.24) is 4.90 Å². The molecule has 1 nitrogen and oxygen atoms in total. The number of rotatable bonds is 3. The van der Waals surface area contributed by atoms with E-state index >= 15 is 0 Å². The van der Waals surface area contributed by atoms with E-state index in [1.54, 1.807) is 12.1 Å². The van der Waals surface area contributed by atoms with Crippen molar-refractivity contribution < 1.29 is 4.39 Å². The average Bonchev–Trinajstić information content (AvgIpc) is 2.34. The summed E-state index contributed by atoms with van der Waals surface area (Å²) >= 11 is 12.0. The Bertz CT molecular complexity index is 363. The van der Waals surface area contributed by atoms with Crippen LogP contribution in [0.2, 0.25) is 5.02 Å². The lowest BCUT2D eigenvalue weighted by molar-refractivity contribution is 0.153. The van der Waals surface area contributed by atoms with Gasteiger partial charge in [0, 0.05) is 29.1 Å². The van der Waals surface area contributed by atoms with Gasteiger partial charge in [-0.2, -0.15) is 0 Å². The molecule has 0 aromatic heterocycles. The number of hydrogen-bond acceptors (Lipinski definition) is 1. The van der Waals surface area contributed by atoms with Crippen molar-refractivity contribution in [3.8, 4) is 0 Å². The van der Waals surface area contributed by atoms with Gasteiger partial charge in [0.2, 0.25) is 0 Å². The molecule has 1 heterocycles. The summed E-state index contributed by atoms with van der Waals surface area (Å²) in [6.45, 7) is 1.53. The molecule has 0 bridgehead atoms. The van der Waals surface area contributed by atoms with E-state index < -0.39 is 0 Å². The predicted octanol–water partition coefficient (Wildman–Crippen LogP) is 4.07. The quantitative estimate of drug-likeness (QED) is 0.752. The maximum atomic E-state index is 13.7. The Labute approximate surface area is 112 Å². The van der Waals surface area contributed by atoms with Gasteiger partial charge in [0.1, 0.15) is 5.82 Å². The van der Waals surface area contributed by atoms with E-state index in [0.717, 1.165) is 19.4 Å². The second-order valence-electron chi connectivity index (χ2n) is 4.47. The SMILES string of the molecule is Fc1cccc(Cl)c1CN1CCCCC1CCl. The fourth-order valence-electron chi connectivity index (χ4n) is 2.33. The Morgan fingerprint density at radius 3 is 2.88 bits per heavy atom. The minimum absolute atomic E-state index is 0.226. The molecule has 1 atom stereocenters. The highest BCUT2D eigenvalue weighted by atomic mass is 35.5. The van der Waals surface area contributed by atoms with Crippen molar-refractivity contribution in [2.45, 2.75) is 31.8 Å². The van der Waals surface area contributed by atoms with Crippen LogP contribution in [-0.2, 0) is 6.54 Å². The van der Waals surface area contributed by atoms with E-state index in [1.165, 1.54) is 12.5 Å². The van der Waals surface area contributed by atoms with Crippen molar-refractivity contribution in [2.24, 2.45) is 0 Å². The number of nitrogens with zero attached hydrogens (tertiary/aromatic N) is 1. The van der Waals surface area contributed by atoms with Crippen LogP contribution in [0.25, 0.3) is 0 Å². The number of likely N-dealkylation sites (tertiary alicyclic amines) is 1. The van der Waals surface area contributed by atoms with Crippen molar-refractivity contribution in [2.75, 3.05) is 12.4 Å². The molecule has 1 aliphatic heterocycles. The van der Waals surface area contributed by atoms with E-state index in [9.17, 15) is 4.39 Å². The zero-order valence-electron chi connectivity index (χ0n) is 9.63. The first-order valence-electron chi connectivity index (χ1n) is 5.95. The van der Waals surface area contributed by atoms with Gasteiger partial charge in [-0.25, -0.2) is 4.39 Å². The summed E-state index contributed by atoms with van der Waals surface area (Å²) < 4.78 is 13.7. The van der Waals surface area contributed by atoms with Crippen LogP contribution in [0, 0.1) is 5.82 Å². The smallest absolute Gasteiger partial charge is 0.129 e. The van der Waals surface area contributed by atoms with Gasteiger partial charge in [0.05, 0.1) is 0 Å². The highest BCUT2D eigenvalue weighted by Gasteiger charge is 2.23. The van der Waals surface area contributed by atoms with Gasteiger partial charge >= 0.3 is 0 Å². The number of halogens is 3. The molecule has 1 aromatic rings. The van der Waals surface area contributed by atoms with E-state index in [1.807, 2.05) is 0 Å². The Kier molecular flexibility index (Phi) is 4.66. The summed E-state index contributed by atoms with van der Waals surface area (Å²) in [6, 6.07) is 5.18. The van der Waals surface area contributed by atoms with E-state index in [4.69, 9.17) is 23.2 Å². The molecule has 2 rings (SSSR count). The van der Waals surface area contributed by atoms with Crippen molar-refractivity contribution in [1.29, 1.82) is 0 Å². The van der Waals surface area contributed by atoms with Gasteiger partial charge in [-0.05, 0) is 31.5 Å². The number of piperidine rings is 1.